The van der Waals surface area contributed by atoms with Crippen molar-refractivity contribution < 1.29 is 4.74 Å². The number of benzene rings is 1. The molecule has 4 nitrogen and oxygen atoms in total. The normalized spacial score (nSPS) is 10.9. The fourth-order valence-corrected chi connectivity index (χ4v) is 3.57. The Hall–Kier alpha value is -0.850. The van der Waals surface area contributed by atoms with Gasteiger partial charge in [-0.15, -0.1) is 0 Å². The lowest BCUT2D eigenvalue weighted by atomic mass is 10.2. The molecule has 1 aromatic carbocycles. The topological polar surface area (TPSA) is 39.1 Å². The molecule has 1 aromatic heterocycles. The number of hydrogen-bond donors (Lipinski definition) is 1. The van der Waals surface area contributed by atoms with Gasteiger partial charge in [-0.3, -0.25) is 4.68 Å². The second-order valence-corrected chi connectivity index (χ2v) is 6.48. The van der Waals surface area contributed by atoms with Gasteiger partial charge in [-0.1, -0.05) is 0 Å². The predicted molar refractivity (Wildman–Crippen MR) is 91.6 cm³/mol. The van der Waals surface area contributed by atoms with Gasteiger partial charge in [0.2, 0.25) is 0 Å². The van der Waals surface area contributed by atoms with Crippen molar-refractivity contribution in [2.24, 2.45) is 7.05 Å². The van der Waals surface area contributed by atoms with Gasteiger partial charge in [-0.2, -0.15) is 5.10 Å². The summed E-state index contributed by atoms with van der Waals surface area (Å²) in [6, 6.07) is 4.18. The molecule has 1 heterocycles. The van der Waals surface area contributed by atoms with Gasteiger partial charge in [0, 0.05) is 19.8 Å². The molecular formula is C15H19Br2N3O. The van der Waals surface area contributed by atoms with Crippen molar-refractivity contribution >= 4 is 31.9 Å². The number of ether oxygens (including phenoxy) is 1. The van der Waals surface area contributed by atoms with E-state index < -0.39 is 0 Å². The fraction of sp³-hybridized carbons (Fsp3) is 0.400. The SMILES string of the molecule is CCOc1c(Br)cc(CNCCc2cnn(C)c2)cc1Br. The first-order chi connectivity index (χ1) is 10.1. The van der Waals surface area contributed by atoms with Crippen LogP contribution in [0.25, 0.3) is 0 Å². The highest BCUT2D eigenvalue weighted by atomic mass is 79.9. The first kappa shape index (κ1) is 16.5. The number of aryl methyl sites for hydroxylation is 1. The molecule has 0 aliphatic carbocycles. The van der Waals surface area contributed by atoms with E-state index in [9.17, 15) is 0 Å². The van der Waals surface area contributed by atoms with Gasteiger partial charge >= 0.3 is 0 Å². The maximum absolute atomic E-state index is 5.58. The molecule has 21 heavy (non-hydrogen) atoms. The van der Waals surface area contributed by atoms with Gasteiger partial charge in [0.15, 0.2) is 0 Å². The molecule has 0 radical (unpaired) electrons. The monoisotopic (exact) mass is 415 g/mol. The van der Waals surface area contributed by atoms with E-state index in [-0.39, 0.29) is 0 Å². The molecule has 6 heteroatoms. The summed E-state index contributed by atoms with van der Waals surface area (Å²) in [6.45, 7) is 4.38. The maximum Gasteiger partial charge on any atom is 0.147 e. The van der Waals surface area contributed by atoms with Crippen LogP contribution in [0.5, 0.6) is 5.75 Å². The van der Waals surface area contributed by atoms with Crippen LogP contribution in [0.3, 0.4) is 0 Å². The molecule has 0 bridgehead atoms. The zero-order valence-electron chi connectivity index (χ0n) is 12.2. The Morgan fingerprint density at radius 1 is 1.24 bits per heavy atom. The van der Waals surface area contributed by atoms with Crippen LogP contribution < -0.4 is 10.1 Å². The average molecular weight is 417 g/mol. The highest BCUT2D eigenvalue weighted by Crippen LogP contribution is 2.34. The molecule has 2 rings (SSSR count). The Morgan fingerprint density at radius 2 is 1.95 bits per heavy atom. The zero-order chi connectivity index (χ0) is 15.2. The van der Waals surface area contributed by atoms with Crippen molar-refractivity contribution in [3.05, 3.63) is 44.6 Å². The first-order valence-electron chi connectivity index (χ1n) is 6.89. The van der Waals surface area contributed by atoms with Crippen LogP contribution in [-0.4, -0.2) is 22.9 Å². The minimum atomic E-state index is 0.653. The maximum atomic E-state index is 5.58. The van der Waals surface area contributed by atoms with Crippen LogP contribution >= 0.6 is 31.9 Å². The highest BCUT2D eigenvalue weighted by molar-refractivity contribution is 9.11. The van der Waals surface area contributed by atoms with E-state index >= 15 is 0 Å². The molecule has 0 saturated carbocycles. The second kappa shape index (κ2) is 7.96. The van der Waals surface area contributed by atoms with Crippen LogP contribution in [0.4, 0.5) is 0 Å². The van der Waals surface area contributed by atoms with E-state index in [0.29, 0.717) is 6.61 Å². The van der Waals surface area contributed by atoms with Crippen molar-refractivity contribution in [2.75, 3.05) is 13.2 Å². The van der Waals surface area contributed by atoms with E-state index in [4.69, 9.17) is 4.74 Å². The van der Waals surface area contributed by atoms with Gasteiger partial charge in [0.1, 0.15) is 5.75 Å². The lowest BCUT2D eigenvalue weighted by Crippen LogP contribution is -2.16. The van der Waals surface area contributed by atoms with Gasteiger partial charge < -0.3 is 10.1 Å². The van der Waals surface area contributed by atoms with E-state index in [0.717, 1.165) is 34.2 Å². The summed E-state index contributed by atoms with van der Waals surface area (Å²) in [5.74, 6) is 0.858. The predicted octanol–water partition coefficient (Wildman–Crippen LogP) is 3.68. The number of halogens is 2. The summed E-state index contributed by atoms with van der Waals surface area (Å²) in [7, 11) is 1.94. The number of nitrogens with zero attached hydrogens (tertiary/aromatic N) is 2. The standard InChI is InChI=1S/C15H19Br2N3O/c1-3-21-15-13(16)6-12(7-14(15)17)8-18-5-4-11-9-19-20(2)10-11/h6-7,9-10,18H,3-5,8H2,1-2H3. The molecule has 0 saturated heterocycles. The van der Waals surface area contributed by atoms with Crippen LogP contribution in [0.2, 0.25) is 0 Å². The van der Waals surface area contributed by atoms with E-state index in [1.165, 1.54) is 11.1 Å². The van der Waals surface area contributed by atoms with Crippen LogP contribution in [-0.2, 0) is 20.0 Å². The molecule has 0 amide bonds. The third-order valence-corrected chi connectivity index (χ3v) is 4.20. The third kappa shape index (κ3) is 4.83. The summed E-state index contributed by atoms with van der Waals surface area (Å²) in [4.78, 5) is 0. The van der Waals surface area contributed by atoms with Gasteiger partial charge in [-0.05, 0) is 75.0 Å². The number of hydrogen-bond acceptors (Lipinski definition) is 3. The third-order valence-electron chi connectivity index (χ3n) is 3.02. The Kier molecular flexibility index (Phi) is 6.26. The molecular weight excluding hydrogens is 398 g/mol. The van der Waals surface area contributed by atoms with Crippen molar-refractivity contribution in [1.29, 1.82) is 0 Å². The Labute approximate surface area is 142 Å². The fourth-order valence-electron chi connectivity index (χ4n) is 2.06. The van der Waals surface area contributed by atoms with Crippen LogP contribution in [0.15, 0.2) is 33.5 Å². The number of rotatable bonds is 7. The summed E-state index contributed by atoms with van der Waals surface area (Å²) in [6.07, 6.45) is 4.94. The largest absolute Gasteiger partial charge is 0.492 e. The minimum absolute atomic E-state index is 0.653. The Morgan fingerprint density at radius 3 is 2.52 bits per heavy atom. The molecule has 0 atom stereocenters. The summed E-state index contributed by atoms with van der Waals surface area (Å²) < 4.78 is 9.36. The average Bonchev–Trinajstić information content (AvgIpc) is 2.85. The van der Waals surface area contributed by atoms with E-state index in [1.54, 1.807) is 0 Å². The van der Waals surface area contributed by atoms with Crippen molar-refractivity contribution in [3.8, 4) is 5.75 Å². The minimum Gasteiger partial charge on any atom is -0.492 e. The summed E-state index contributed by atoms with van der Waals surface area (Å²) in [5.41, 5.74) is 2.46. The van der Waals surface area contributed by atoms with Crippen molar-refractivity contribution in [2.45, 2.75) is 19.9 Å². The molecule has 114 valence electrons. The van der Waals surface area contributed by atoms with Gasteiger partial charge in [0.25, 0.3) is 0 Å². The molecule has 1 N–H and O–H groups in total. The van der Waals surface area contributed by atoms with Gasteiger partial charge in [0.05, 0.1) is 21.7 Å². The molecule has 0 aliphatic rings. The van der Waals surface area contributed by atoms with Crippen molar-refractivity contribution in [1.82, 2.24) is 15.1 Å². The summed E-state index contributed by atoms with van der Waals surface area (Å²) >= 11 is 7.11. The summed E-state index contributed by atoms with van der Waals surface area (Å²) in [5, 5.41) is 7.61. The lowest BCUT2D eigenvalue weighted by molar-refractivity contribution is 0.336. The molecule has 0 unspecified atom stereocenters. The van der Waals surface area contributed by atoms with Crippen LogP contribution in [0, 0.1) is 0 Å². The Balaban J connectivity index is 1.85. The lowest BCUT2D eigenvalue weighted by Gasteiger charge is -2.11. The smallest absolute Gasteiger partial charge is 0.147 e. The number of aromatic nitrogens is 2. The van der Waals surface area contributed by atoms with Crippen LogP contribution in [0.1, 0.15) is 18.1 Å². The molecule has 0 spiro atoms. The highest BCUT2D eigenvalue weighted by Gasteiger charge is 2.08. The van der Waals surface area contributed by atoms with Gasteiger partial charge in [-0.25, -0.2) is 0 Å². The molecule has 2 aromatic rings. The quantitative estimate of drug-likeness (QED) is 0.699. The Bertz CT molecular complexity index is 575. The molecule has 0 fully saturated rings. The van der Waals surface area contributed by atoms with E-state index in [2.05, 4.69) is 54.4 Å². The molecule has 0 aliphatic heterocycles. The van der Waals surface area contributed by atoms with Crippen molar-refractivity contribution in [3.63, 3.8) is 0 Å². The zero-order valence-corrected chi connectivity index (χ0v) is 15.4. The first-order valence-corrected chi connectivity index (χ1v) is 8.47. The van der Waals surface area contributed by atoms with E-state index in [1.807, 2.05) is 31.0 Å². The second-order valence-electron chi connectivity index (χ2n) is 4.77. The number of nitrogens with one attached hydrogen (secondary N) is 1.